The molecule has 5 nitrogen and oxygen atoms in total. The van der Waals surface area contributed by atoms with Crippen molar-refractivity contribution in [3.05, 3.63) is 22.3 Å². The standard InChI is InChI=1S/C15H20N4OS2/c1-10-5-2-3-6-11(10)16-13(20)9-19-14(17-18-15(19)21)12-7-4-8-22-12/h4,7-8,10-11H,2-3,5-6,9H2,1H3,(H,16,20)(H,18,21)/t10-,11+/m0/s1. The van der Waals surface area contributed by atoms with E-state index in [1.54, 1.807) is 15.9 Å². The zero-order valence-corrected chi connectivity index (χ0v) is 14.2. The third-order valence-electron chi connectivity index (χ3n) is 4.26. The number of hydrogen-bond acceptors (Lipinski definition) is 4. The van der Waals surface area contributed by atoms with Crippen LogP contribution in [0.3, 0.4) is 0 Å². The number of aromatic amines is 1. The second-order valence-electron chi connectivity index (χ2n) is 5.85. The molecule has 7 heteroatoms. The lowest BCUT2D eigenvalue weighted by Gasteiger charge is -2.29. The summed E-state index contributed by atoms with van der Waals surface area (Å²) < 4.78 is 2.25. The first kappa shape index (κ1) is 15.4. The van der Waals surface area contributed by atoms with Gasteiger partial charge in [0.2, 0.25) is 5.91 Å². The maximum absolute atomic E-state index is 12.4. The molecule has 0 spiro atoms. The highest BCUT2D eigenvalue weighted by Gasteiger charge is 2.23. The lowest BCUT2D eigenvalue weighted by molar-refractivity contribution is -0.122. The summed E-state index contributed by atoms with van der Waals surface area (Å²) in [5.41, 5.74) is 0. The Kier molecular flexibility index (Phi) is 4.73. The summed E-state index contributed by atoms with van der Waals surface area (Å²) >= 11 is 6.85. The van der Waals surface area contributed by atoms with Gasteiger partial charge in [-0.25, -0.2) is 0 Å². The zero-order valence-electron chi connectivity index (χ0n) is 12.5. The Morgan fingerprint density at radius 3 is 3.09 bits per heavy atom. The lowest BCUT2D eigenvalue weighted by atomic mass is 9.86. The molecule has 1 amide bonds. The molecule has 118 valence electrons. The number of carbonyl (C=O) groups excluding carboxylic acids is 1. The summed E-state index contributed by atoms with van der Waals surface area (Å²) in [6.07, 6.45) is 4.72. The molecule has 2 aromatic heterocycles. The molecule has 0 saturated heterocycles. The van der Waals surface area contributed by atoms with Crippen LogP contribution in [-0.4, -0.2) is 26.7 Å². The Labute approximate surface area is 138 Å². The zero-order chi connectivity index (χ0) is 15.5. The van der Waals surface area contributed by atoms with Gasteiger partial charge in [-0.15, -0.1) is 11.3 Å². The van der Waals surface area contributed by atoms with Gasteiger partial charge in [0.25, 0.3) is 0 Å². The van der Waals surface area contributed by atoms with Gasteiger partial charge in [-0.1, -0.05) is 25.8 Å². The largest absolute Gasteiger partial charge is 0.352 e. The third kappa shape index (κ3) is 3.30. The van der Waals surface area contributed by atoms with Crippen molar-refractivity contribution >= 4 is 29.5 Å². The van der Waals surface area contributed by atoms with Crippen molar-refractivity contribution in [2.75, 3.05) is 0 Å². The van der Waals surface area contributed by atoms with Gasteiger partial charge in [-0.3, -0.25) is 14.5 Å². The fourth-order valence-electron chi connectivity index (χ4n) is 2.98. The number of aromatic nitrogens is 3. The molecule has 0 bridgehead atoms. The van der Waals surface area contributed by atoms with Crippen LogP contribution in [0.1, 0.15) is 32.6 Å². The summed E-state index contributed by atoms with van der Waals surface area (Å²) in [5.74, 6) is 1.28. The van der Waals surface area contributed by atoms with E-state index in [-0.39, 0.29) is 18.5 Å². The molecular weight excluding hydrogens is 316 g/mol. The fourth-order valence-corrected chi connectivity index (χ4v) is 3.90. The highest BCUT2D eigenvalue weighted by Crippen LogP contribution is 2.24. The molecule has 0 radical (unpaired) electrons. The molecule has 0 unspecified atom stereocenters. The molecule has 1 aliphatic rings. The van der Waals surface area contributed by atoms with Crippen molar-refractivity contribution in [2.24, 2.45) is 5.92 Å². The van der Waals surface area contributed by atoms with E-state index in [0.717, 1.165) is 17.1 Å². The number of amides is 1. The summed E-state index contributed by atoms with van der Waals surface area (Å²) in [4.78, 5) is 13.4. The van der Waals surface area contributed by atoms with Crippen LogP contribution >= 0.6 is 23.6 Å². The fraction of sp³-hybridized carbons (Fsp3) is 0.533. The quantitative estimate of drug-likeness (QED) is 0.842. The molecule has 1 aliphatic carbocycles. The van der Waals surface area contributed by atoms with Gasteiger partial charge in [-0.05, 0) is 42.4 Å². The second kappa shape index (κ2) is 6.75. The molecule has 3 rings (SSSR count). The molecule has 22 heavy (non-hydrogen) atoms. The first-order chi connectivity index (χ1) is 10.6. The van der Waals surface area contributed by atoms with E-state index in [4.69, 9.17) is 12.2 Å². The number of carbonyl (C=O) groups is 1. The summed E-state index contributed by atoms with van der Waals surface area (Å²) in [6, 6.07) is 4.23. The van der Waals surface area contributed by atoms with Crippen LogP contribution in [0.15, 0.2) is 17.5 Å². The van der Waals surface area contributed by atoms with Crippen molar-refractivity contribution in [3.63, 3.8) is 0 Å². The molecular formula is C15H20N4OS2. The van der Waals surface area contributed by atoms with Gasteiger partial charge < -0.3 is 5.32 Å². The molecule has 0 aromatic carbocycles. The molecule has 2 aromatic rings. The van der Waals surface area contributed by atoms with Gasteiger partial charge in [0.1, 0.15) is 6.54 Å². The average molecular weight is 336 g/mol. The van der Waals surface area contributed by atoms with Gasteiger partial charge in [-0.2, -0.15) is 5.10 Å². The maximum Gasteiger partial charge on any atom is 0.240 e. The topological polar surface area (TPSA) is 62.7 Å². The molecule has 2 heterocycles. The van der Waals surface area contributed by atoms with Crippen LogP contribution in [0.25, 0.3) is 10.7 Å². The number of nitrogens with one attached hydrogen (secondary N) is 2. The van der Waals surface area contributed by atoms with E-state index in [1.165, 1.54) is 19.3 Å². The van der Waals surface area contributed by atoms with Gasteiger partial charge >= 0.3 is 0 Å². The smallest absolute Gasteiger partial charge is 0.240 e. The van der Waals surface area contributed by atoms with Crippen molar-refractivity contribution < 1.29 is 4.79 Å². The number of rotatable bonds is 4. The second-order valence-corrected chi connectivity index (χ2v) is 7.19. The van der Waals surface area contributed by atoms with Gasteiger partial charge in [0.05, 0.1) is 4.88 Å². The average Bonchev–Trinajstić information content (AvgIpc) is 3.12. The van der Waals surface area contributed by atoms with Crippen LogP contribution in [0.2, 0.25) is 0 Å². The van der Waals surface area contributed by atoms with Gasteiger partial charge in [0, 0.05) is 6.04 Å². The SMILES string of the molecule is C[C@H]1CCCC[C@H]1NC(=O)Cn1c(-c2cccs2)n[nH]c1=S. The van der Waals surface area contributed by atoms with Crippen molar-refractivity contribution in [1.82, 2.24) is 20.1 Å². The van der Waals surface area contributed by atoms with E-state index < -0.39 is 0 Å². The molecule has 0 aliphatic heterocycles. The van der Waals surface area contributed by atoms with Crippen molar-refractivity contribution in [3.8, 4) is 10.7 Å². The van der Waals surface area contributed by atoms with Crippen molar-refractivity contribution in [2.45, 2.75) is 45.2 Å². The Balaban J connectivity index is 1.72. The Morgan fingerprint density at radius 1 is 1.55 bits per heavy atom. The number of hydrogen-bond donors (Lipinski definition) is 2. The Morgan fingerprint density at radius 2 is 2.36 bits per heavy atom. The Bertz CT molecular complexity index is 689. The highest BCUT2D eigenvalue weighted by atomic mass is 32.1. The minimum absolute atomic E-state index is 0.00839. The van der Waals surface area contributed by atoms with Crippen molar-refractivity contribution in [1.29, 1.82) is 0 Å². The summed E-state index contributed by atoms with van der Waals surface area (Å²) in [7, 11) is 0. The van der Waals surface area contributed by atoms with E-state index in [9.17, 15) is 4.79 Å². The number of thiophene rings is 1. The maximum atomic E-state index is 12.4. The lowest BCUT2D eigenvalue weighted by Crippen LogP contribution is -2.42. The minimum atomic E-state index is 0.00839. The predicted octanol–water partition coefficient (Wildman–Crippen LogP) is 3.36. The highest BCUT2D eigenvalue weighted by molar-refractivity contribution is 7.71. The first-order valence-electron chi connectivity index (χ1n) is 7.63. The first-order valence-corrected chi connectivity index (χ1v) is 8.92. The third-order valence-corrected chi connectivity index (χ3v) is 5.44. The minimum Gasteiger partial charge on any atom is -0.352 e. The molecule has 1 saturated carbocycles. The molecule has 2 atom stereocenters. The van der Waals surface area contributed by atoms with E-state index in [0.29, 0.717) is 10.7 Å². The van der Waals surface area contributed by atoms with Crippen LogP contribution in [0.5, 0.6) is 0 Å². The van der Waals surface area contributed by atoms with Crippen LogP contribution < -0.4 is 5.32 Å². The Hall–Kier alpha value is -1.47. The van der Waals surface area contributed by atoms with Gasteiger partial charge in [0.15, 0.2) is 10.6 Å². The van der Waals surface area contributed by atoms with E-state index >= 15 is 0 Å². The van der Waals surface area contributed by atoms with E-state index in [2.05, 4.69) is 22.4 Å². The summed E-state index contributed by atoms with van der Waals surface area (Å²) in [5, 5.41) is 12.2. The summed E-state index contributed by atoms with van der Waals surface area (Å²) in [6.45, 7) is 2.43. The monoisotopic (exact) mass is 336 g/mol. The normalized spacial score (nSPS) is 21.7. The molecule has 2 N–H and O–H groups in total. The predicted molar refractivity (Wildman–Crippen MR) is 90.3 cm³/mol. The number of H-pyrrole nitrogens is 1. The van der Waals surface area contributed by atoms with Crippen LogP contribution in [-0.2, 0) is 11.3 Å². The van der Waals surface area contributed by atoms with E-state index in [1.807, 2.05) is 17.5 Å². The number of nitrogens with zero attached hydrogens (tertiary/aromatic N) is 2. The molecule has 1 fully saturated rings. The van der Waals surface area contributed by atoms with Crippen LogP contribution in [0.4, 0.5) is 0 Å². The van der Waals surface area contributed by atoms with Crippen LogP contribution in [0, 0.1) is 10.7 Å².